The number of hydrogen-bond donors (Lipinski definition) is 1. The molecule has 0 bridgehead atoms. The molecule has 242 valence electrons. The zero-order chi connectivity index (χ0) is 32.4. The van der Waals surface area contributed by atoms with Gasteiger partial charge >= 0.3 is 18.2 Å². The van der Waals surface area contributed by atoms with Gasteiger partial charge in [0.25, 0.3) is 0 Å². The Labute approximate surface area is 267 Å². The summed E-state index contributed by atoms with van der Waals surface area (Å²) in [4.78, 5) is 44.0. The number of nitrogens with zero attached hydrogens (tertiary/aromatic N) is 2. The molecule has 1 fully saturated rings. The van der Waals surface area contributed by atoms with E-state index >= 15 is 0 Å². The van der Waals surface area contributed by atoms with Gasteiger partial charge in [-0.3, -0.25) is 4.79 Å². The van der Waals surface area contributed by atoms with Crippen molar-refractivity contribution in [3.63, 3.8) is 0 Å². The molecule has 1 aliphatic rings. The Kier molecular flexibility index (Phi) is 12.8. The molecule has 3 rings (SSSR count). The Balaban J connectivity index is 1.48. The number of nitrogens with one attached hydrogen (secondary N) is 1. The standard InChI is InChI=1S/C34H49N3O6S/c1-23(2)19-27(22-35-32(39)43-34(6,7)8)21-31(38)41-26(5)42-33(40)37-17-15-36(16-18-37)28-11-9-10-12-30(28)44-29-14-13-24(3)20-25(29)4/h9-14,20,23,26-27H,15-19,21-22H2,1-8H3,(H,35,39). The first-order valence-electron chi connectivity index (χ1n) is 15.4. The number of carbonyl (C=O) groups is 3. The van der Waals surface area contributed by atoms with Gasteiger partial charge < -0.3 is 29.3 Å². The molecule has 2 unspecified atom stereocenters. The average molecular weight is 628 g/mol. The maximum atomic E-state index is 12.9. The van der Waals surface area contributed by atoms with E-state index in [0.717, 1.165) is 12.1 Å². The van der Waals surface area contributed by atoms with Crippen molar-refractivity contribution in [1.29, 1.82) is 0 Å². The van der Waals surface area contributed by atoms with Crippen molar-refractivity contribution in [2.45, 2.75) is 89.9 Å². The van der Waals surface area contributed by atoms with Crippen LogP contribution in [0.1, 0.15) is 65.5 Å². The summed E-state index contributed by atoms with van der Waals surface area (Å²) >= 11 is 1.76. The fraction of sp³-hybridized carbons (Fsp3) is 0.559. The van der Waals surface area contributed by atoms with Crippen LogP contribution in [0.2, 0.25) is 0 Å². The van der Waals surface area contributed by atoms with E-state index in [9.17, 15) is 14.4 Å². The van der Waals surface area contributed by atoms with Crippen molar-refractivity contribution >= 4 is 35.6 Å². The summed E-state index contributed by atoms with van der Waals surface area (Å²) in [6.45, 7) is 17.9. The van der Waals surface area contributed by atoms with Gasteiger partial charge in [-0.25, -0.2) is 9.59 Å². The van der Waals surface area contributed by atoms with Gasteiger partial charge in [0, 0.05) is 49.4 Å². The summed E-state index contributed by atoms with van der Waals surface area (Å²) in [5.41, 5.74) is 3.03. The maximum Gasteiger partial charge on any atom is 0.412 e. The number of anilines is 1. The summed E-state index contributed by atoms with van der Waals surface area (Å²) in [7, 11) is 0. The van der Waals surface area contributed by atoms with E-state index in [1.807, 2.05) is 12.1 Å². The molecule has 2 amide bonds. The normalized spacial score (nSPS) is 15.0. The Hall–Kier alpha value is -3.40. The summed E-state index contributed by atoms with van der Waals surface area (Å²) in [6, 6.07) is 14.8. The topological polar surface area (TPSA) is 97.4 Å². The van der Waals surface area contributed by atoms with Crippen molar-refractivity contribution in [1.82, 2.24) is 10.2 Å². The average Bonchev–Trinajstić information content (AvgIpc) is 2.92. The van der Waals surface area contributed by atoms with Gasteiger partial charge in [0.2, 0.25) is 6.29 Å². The van der Waals surface area contributed by atoms with Crippen LogP contribution >= 0.6 is 11.8 Å². The van der Waals surface area contributed by atoms with Crippen molar-refractivity contribution < 1.29 is 28.6 Å². The van der Waals surface area contributed by atoms with Gasteiger partial charge in [0.15, 0.2) is 0 Å². The van der Waals surface area contributed by atoms with Crippen LogP contribution in [0, 0.1) is 25.7 Å². The lowest BCUT2D eigenvalue weighted by Gasteiger charge is -2.36. The molecule has 44 heavy (non-hydrogen) atoms. The number of amides is 2. The van der Waals surface area contributed by atoms with Gasteiger partial charge in [-0.05, 0) is 76.6 Å². The molecule has 0 aromatic heterocycles. The van der Waals surface area contributed by atoms with Crippen LogP contribution in [0.4, 0.5) is 15.3 Å². The van der Waals surface area contributed by atoms with Gasteiger partial charge in [-0.1, -0.05) is 55.4 Å². The van der Waals surface area contributed by atoms with E-state index in [0.29, 0.717) is 32.1 Å². The minimum Gasteiger partial charge on any atom is -0.444 e. The molecule has 2 aromatic rings. The van der Waals surface area contributed by atoms with Crippen molar-refractivity contribution in [2.24, 2.45) is 11.8 Å². The van der Waals surface area contributed by atoms with E-state index < -0.39 is 30.0 Å². The Morgan fingerprint density at radius 2 is 1.61 bits per heavy atom. The highest BCUT2D eigenvalue weighted by Gasteiger charge is 2.27. The third kappa shape index (κ3) is 11.6. The molecule has 1 saturated heterocycles. The zero-order valence-electron chi connectivity index (χ0n) is 27.5. The van der Waals surface area contributed by atoms with Crippen LogP contribution in [0.15, 0.2) is 52.3 Å². The van der Waals surface area contributed by atoms with Crippen molar-refractivity contribution in [2.75, 3.05) is 37.6 Å². The molecule has 2 aromatic carbocycles. The first-order chi connectivity index (χ1) is 20.7. The van der Waals surface area contributed by atoms with Gasteiger partial charge in [-0.2, -0.15) is 0 Å². The third-order valence-corrected chi connectivity index (χ3v) is 8.30. The van der Waals surface area contributed by atoms with Crippen LogP contribution < -0.4 is 10.2 Å². The van der Waals surface area contributed by atoms with E-state index in [4.69, 9.17) is 14.2 Å². The zero-order valence-corrected chi connectivity index (χ0v) is 28.3. The number of para-hydroxylation sites is 1. The summed E-state index contributed by atoms with van der Waals surface area (Å²) in [6.07, 6.45) is -1.25. The molecular weight excluding hydrogens is 578 g/mol. The fourth-order valence-corrected chi connectivity index (χ4v) is 6.17. The number of hydrogen-bond acceptors (Lipinski definition) is 8. The van der Waals surface area contributed by atoms with Gasteiger partial charge in [0.1, 0.15) is 5.60 Å². The van der Waals surface area contributed by atoms with E-state index in [1.54, 1.807) is 44.4 Å². The number of aryl methyl sites for hydroxylation is 2. The second-order valence-electron chi connectivity index (χ2n) is 12.8. The Morgan fingerprint density at radius 3 is 2.25 bits per heavy atom. The first-order valence-corrected chi connectivity index (χ1v) is 16.2. The molecular formula is C34H49N3O6S. The Morgan fingerprint density at radius 1 is 0.932 bits per heavy atom. The second kappa shape index (κ2) is 16.1. The lowest BCUT2D eigenvalue weighted by atomic mass is 9.94. The number of carbonyl (C=O) groups excluding carboxylic acids is 3. The maximum absolute atomic E-state index is 12.9. The van der Waals surface area contributed by atoms with Crippen LogP contribution in [0.5, 0.6) is 0 Å². The number of piperazine rings is 1. The van der Waals surface area contributed by atoms with Crippen LogP contribution in [-0.4, -0.2) is 67.7 Å². The second-order valence-corrected chi connectivity index (χ2v) is 13.9. The molecule has 0 aliphatic carbocycles. The predicted molar refractivity (Wildman–Crippen MR) is 174 cm³/mol. The van der Waals surface area contributed by atoms with Crippen LogP contribution in [-0.2, 0) is 19.0 Å². The number of rotatable bonds is 11. The molecule has 2 atom stereocenters. The summed E-state index contributed by atoms with van der Waals surface area (Å²) < 4.78 is 16.2. The number of benzene rings is 2. The molecule has 1 aliphatic heterocycles. The molecule has 10 heteroatoms. The monoisotopic (exact) mass is 627 g/mol. The van der Waals surface area contributed by atoms with Crippen molar-refractivity contribution in [3.05, 3.63) is 53.6 Å². The van der Waals surface area contributed by atoms with E-state index in [-0.39, 0.29) is 18.9 Å². The summed E-state index contributed by atoms with van der Waals surface area (Å²) in [5, 5.41) is 2.75. The number of alkyl carbamates (subject to hydrolysis) is 1. The van der Waals surface area contributed by atoms with Crippen molar-refractivity contribution in [3.8, 4) is 0 Å². The van der Waals surface area contributed by atoms with Crippen LogP contribution in [0.25, 0.3) is 0 Å². The van der Waals surface area contributed by atoms with E-state index in [1.165, 1.54) is 20.9 Å². The SMILES string of the molecule is Cc1ccc(Sc2ccccc2N2CCN(C(=O)OC(C)OC(=O)CC(CNC(=O)OC(C)(C)C)CC(C)C)CC2)c(C)c1. The molecule has 1 heterocycles. The summed E-state index contributed by atoms with van der Waals surface area (Å²) in [5.74, 6) is -0.300. The molecule has 0 radical (unpaired) electrons. The highest BCUT2D eigenvalue weighted by atomic mass is 32.2. The molecule has 0 saturated carbocycles. The number of esters is 1. The first kappa shape index (κ1) is 35.1. The minimum absolute atomic E-state index is 0.0913. The lowest BCUT2D eigenvalue weighted by Crippen LogP contribution is -2.49. The fourth-order valence-electron chi connectivity index (χ4n) is 5.12. The van der Waals surface area contributed by atoms with E-state index in [2.05, 4.69) is 68.2 Å². The molecule has 1 N–H and O–H groups in total. The molecule has 0 spiro atoms. The van der Waals surface area contributed by atoms with Gasteiger partial charge in [-0.15, -0.1) is 0 Å². The Bertz CT molecular complexity index is 1270. The quantitative estimate of drug-likeness (QED) is 0.207. The minimum atomic E-state index is -1.03. The highest BCUT2D eigenvalue weighted by molar-refractivity contribution is 7.99. The lowest BCUT2D eigenvalue weighted by molar-refractivity contribution is -0.167. The third-order valence-electron chi connectivity index (χ3n) is 7.05. The molecule has 9 nitrogen and oxygen atoms in total. The number of ether oxygens (including phenoxy) is 3. The van der Waals surface area contributed by atoms with Crippen LogP contribution in [0.3, 0.4) is 0 Å². The largest absolute Gasteiger partial charge is 0.444 e. The predicted octanol–water partition coefficient (Wildman–Crippen LogP) is 7.18. The smallest absolute Gasteiger partial charge is 0.412 e. The van der Waals surface area contributed by atoms with Gasteiger partial charge in [0.05, 0.1) is 12.1 Å². The highest BCUT2D eigenvalue weighted by Crippen LogP contribution is 2.37.